The second-order valence-corrected chi connectivity index (χ2v) is 11.9. The third-order valence-electron chi connectivity index (χ3n) is 6.89. The molecule has 1 aliphatic heterocycles. The number of anilines is 2. The maximum absolute atomic E-state index is 13.2. The van der Waals surface area contributed by atoms with Gasteiger partial charge in [0.25, 0.3) is 0 Å². The van der Waals surface area contributed by atoms with E-state index in [0.29, 0.717) is 39.3 Å². The maximum Gasteiger partial charge on any atom is 0.234 e. The van der Waals surface area contributed by atoms with Crippen LogP contribution in [0.5, 0.6) is 0 Å². The first-order valence-corrected chi connectivity index (χ1v) is 14.5. The number of rotatable bonds is 6. The number of halogens is 1. The maximum atomic E-state index is 13.2. The van der Waals surface area contributed by atoms with Crippen LogP contribution in [0.2, 0.25) is 5.02 Å². The summed E-state index contributed by atoms with van der Waals surface area (Å²) < 4.78 is 0.577. The first-order valence-electron chi connectivity index (χ1n) is 12.3. The van der Waals surface area contributed by atoms with Crippen molar-refractivity contribution in [2.75, 3.05) is 16.0 Å². The number of Topliss-reactive ketones (excluding diaryl/α,β-unsaturated/α-hetero) is 1. The zero-order chi connectivity index (χ0) is 27.7. The van der Waals surface area contributed by atoms with Crippen LogP contribution in [0.3, 0.4) is 0 Å². The van der Waals surface area contributed by atoms with Gasteiger partial charge in [-0.25, -0.2) is 0 Å². The Bertz CT molecular complexity index is 1590. The van der Waals surface area contributed by atoms with E-state index in [1.54, 1.807) is 23.1 Å². The molecular formula is C28H25ClN6O2S2. The third kappa shape index (κ3) is 5.30. The van der Waals surface area contributed by atoms with Crippen LogP contribution in [0, 0.1) is 25.2 Å². The minimum absolute atomic E-state index is 0.0197. The lowest BCUT2D eigenvalue weighted by molar-refractivity contribution is -0.116. The number of carbonyl (C=O) groups is 2. The molecule has 0 bridgehead atoms. The molecule has 11 heteroatoms. The normalized spacial score (nSPS) is 17.2. The van der Waals surface area contributed by atoms with Gasteiger partial charge in [-0.3, -0.25) is 14.5 Å². The predicted octanol–water partition coefficient (Wildman–Crippen LogP) is 5.84. The molecule has 0 saturated heterocycles. The molecule has 1 atom stereocenters. The van der Waals surface area contributed by atoms with Crippen molar-refractivity contribution >= 4 is 57.2 Å². The van der Waals surface area contributed by atoms with Crippen molar-refractivity contribution in [2.45, 2.75) is 43.4 Å². The first kappa shape index (κ1) is 26.9. The highest BCUT2D eigenvalue weighted by Gasteiger charge is 2.41. The molecule has 3 N–H and O–H groups in total. The lowest BCUT2D eigenvalue weighted by Gasteiger charge is -2.38. The number of allylic oxidation sites excluding steroid dienone is 3. The number of hydrogen-bond donors (Lipinski definition) is 2. The number of benzene rings is 2. The van der Waals surface area contributed by atoms with Crippen LogP contribution in [0.1, 0.15) is 41.9 Å². The average Bonchev–Trinajstić information content (AvgIpc) is 3.38. The predicted molar refractivity (Wildman–Crippen MR) is 155 cm³/mol. The van der Waals surface area contributed by atoms with Crippen molar-refractivity contribution < 1.29 is 9.59 Å². The Balaban J connectivity index is 1.42. The summed E-state index contributed by atoms with van der Waals surface area (Å²) in [5, 5.41) is 22.6. The summed E-state index contributed by atoms with van der Waals surface area (Å²) >= 11 is 8.78. The quantitative estimate of drug-likeness (QED) is 0.350. The van der Waals surface area contributed by atoms with Crippen molar-refractivity contribution in [3.63, 3.8) is 0 Å². The standard InChI is InChI=1S/C28H25ClN6O2S2/c1-15-6-3-9-20(16(15)2)32-23(37)14-38-28-34-33-27(39-28)35-21-10-5-11-22(36)25(21)24(19(13-30)26(35)31)17-7-4-8-18(29)12-17/h3-4,6-9,12,24H,5,10-11,14,31H2,1-2H3,(H,32,37). The van der Waals surface area contributed by atoms with Gasteiger partial charge in [0.15, 0.2) is 10.1 Å². The third-order valence-corrected chi connectivity index (χ3v) is 9.16. The Morgan fingerprint density at radius 3 is 2.82 bits per heavy atom. The Hall–Kier alpha value is -3.65. The molecule has 8 nitrogen and oxygen atoms in total. The number of nitrogens with one attached hydrogen (secondary N) is 1. The smallest absolute Gasteiger partial charge is 0.234 e. The summed E-state index contributed by atoms with van der Waals surface area (Å²) in [5.74, 6) is -0.393. The molecule has 2 aliphatic rings. The molecule has 0 saturated carbocycles. The van der Waals surface area contributed by atoms with Gasteiger partial charge < -0.3 is 11.1 Å². The molecule has 1 amide bonds. The number of hydrogen-bond acceptors (Lipinski definition) is 9. The van der Waals surface area contributed by atoms with Crippen LogP contribution in [-0.2, 0) is 9.59 Å². The molecule has 2 heterocycles. The van der Waals surface area contributed by atoms with Crippen LogP contribution < -0.4 is 16.0 Å². The van der Waals surface area contributed by atoms with Gasteiger partial charge >= 0.3 is 0 Å². The lowest BCUT2D eigenvalue weighted by atomic mass is 9.76. The number of nitriles is 1. The summed E-state index contributed by atoms with van der Waals surface area (Å²) in [6.07, 6.45) is 1.68. The van der Waals surface area contributed by atoms with Crippen LogP contribution in [-0.4, -0.2) is 27.6 Å². The van der Waals surface area contributed by atoms with Crippen LogP contribution in [0.4, 0.5) is 10.8 Å². The largest absolute Gasteiger partial charge is 0.384 e. The number of thioether (sulfide) groups is 1. The highest BCUT2D eigenvalue weighted by molar-refractivity contribution is 8.01. The first-order chi connectivity index (χ1) is 18.8. The number of aromatic nitrogens is 2. The molecule has 2 aromatic carbocycles. The topological polar surface area (TPSA) is 125 Å². The van der Waals surface area contributed by atoms with E-state index in [1.807, 2.05) is 38.1 Å². The van der Waals surface area contributed by atoms with Crippen LogP contribution in [0.25, 0.3) is 0 Å². The molecule has 0 spiro atoms. The number of nitrogens with two attached hydrogens (primary N) is 1. The van der Waals surface area contributed by atoms with Crippen LogP contribution >= 0.6 is 34.7 Å². The van der Waals surface area contributed by atoms with Gasteiger partial charge in [0.1, 0.15) is 5.82 Å². The lowest BCUT2D eigenvalue weighted by Crippen LogP contribution is -2.38. The van der Waals surface area contributed by atoms with Crippen molar-refractivity contribution in [2.24, 2.45) is 5.73 Å². The number of aryl methyl sites for hydroxylation is 1. The second-order valence-electron chi connectivity index (χ2n) is 9.31. The van der Waals surface area contributed by atoms with Crippen molar-refractivity contribution in [3.8, 4) is 6.07 Å². The zero-order valence-corrected chi connectivity index (χ0v) is 23.7. The second kappa shape index (κ2) is 11.2. The average molecular weight is 577 g/mol. The minimum Gasteiger partial charge on any atom is -0.384 e. The monoisotopic (exact) mass is 576 g/mol. The Morgan fingerprint density at radius 2 is 2.05 bits per heavy atom. The van der Waals surface area contributed by atoms with E-state index in [-0.39, 0.29) is 28.8 Å². The molecule has 39 heavy (non-hydrogen) atoms. The SMILES string of the molecule is Cc1cccc(NC(=O)CSc2nnc(N3C(N)=C(C#N)C(c4cccc(Cl)c4)C4=C3CCCC4=O)s2)c1C. The number of amides is 1. The van der Waals surface area contributed by atoms with Gasteiger partial charge in [0.2, 0.25) is 11.0 Å². The molecule has 1 aliphatic carbocycles. The van der Waals surface area contributed by atoms with E-state index in [1.165, 1.54) is 23.1 Å². The van der Waals surface area contributed by atoms with Gasteiger partial charge in [-0.15, -0.1) is 10.2 Å². The van der Waals surface area contributed by atoms with Gasteiger partial charge in [0.05, 0.1) is 23.3 Å². The van der Waals surface area contributed by atoms with Gasteiger partial charge in [0, 0.05) is 28.4 Å². The summed E-state index contributed by atoms with van der Waals surface area (Å²) in [4.78, 5) is 27.5. The molecule has 1 unspecified atom stereocenters. The highest BCUT2D eigenvalue weighted by atomic mass is 35.5. The fourth-order valence-electron chi connectivity index (χ4n) is 4.88. The Labute approximate surface area is 239 Å². The summed E-state index contributed by atoms with van der Waals surface area (Å²) in [6.45, 7) is 3.97. The summed E-state index contributed by atoms with van der Waals surface area (Å²) in [7, 11) is 0. The van der Waals surface area contributed by atoms with Crippen molar-refractivity contribution in [1.82, 2.24) is 10.2 Å². The van der Waals surface area contributed by atoms with E-state index in [2.05, 4.69) is 21.6 Å². The molecule has 198 valence electrons. The molecule has 3 aromatic rings. The molecular weight excluding hydrogens is 552 g/mol. The Morgan fingerprint density at radius 1 is 1.26 bits per heavy atom. The van der Waals surface area contributed by atoms with Gasteiger partial charge in [-0.05, 0) is 61.6 Å². The summed E-state index contributed by atoms with van der Waals surface area (Å²) in [6, 6.07) is 15.2. The highest BCUT2D eigenvalue weighted by Crippen LogP contribution is 2.47. The fourth-order valence-corrected chi connectivity index (χ4v) is 6.76. The van der Waals surface area contributed by atoms with Crippen LogP contribution in [0.15, 0.2) is 69.5 Å². The van der Waals surface area contributed by atoms with Gasteiger partial charge in [-0.1, -0.05) is 59.0 Å². The minimum atomic E-state index is -0.594. The van der Waals surface area contributed by atoms with E-state index in [4.69, 9.17) is 17.3 Å². The Kier molecular flexibility index (Phi) is 7.75. The van der Waals surface area contributed by atoms with E-state index >= 15 is 0 Å². The summed E-state index contributed by atoms with van der Waals surface area (Å²) in [5.41, 5.74) is 11.8. The van der Waals surface area contributed by atoms with E-state index in [0.717, 1.165) is 28.1 Å². The molecule has 1 aromatic heterocycles. The van der Waals surface area contributed by atoms with Gasteiger partial charge in [-0.2, -0.15) is 5.26 Å². The number of ketones is 1. The number of nitrogens with zero attached hydrogens (tertiary/aromatic N) is 4. The molecule has 5 rings (SSSR count). The zero-order valence-electron chi connectivity index (χ0n) is 21.3. The van der Waals surface area contributed by atoms with E-state index in [9.17, 15) is 14.9 Å². The molecule has 0 fully saturated rings. The van der Waals surface area contributed by atoms with Crippen molar-refractivity contribution in [1.29, 1.82) is 5.26 Å². The van der Waals surface area contributed by atoms with E-state index < -0.39 is 5.92 Å². The molecule has 0 radical (unpaired) electrons. The fraction of sp³-hybridized carbons (Fsp3) is 0.250. The number of carbonyl (C=O) groups excluding carboxylic acids is 2. The van der Waals surface area contributed by atoms with Crippen molar-refractivity contribution in [3.05, 3.63) is 86.8 Å².